The third-order valence-corrected chi connectivity index (χ3v) is 4.85. The van der Waals surface area contributed by atoms with Gasteiger partial charge < -0.3 is 20.7 Å². The van der Waals surface area contributed by atoms with Gasteiger partial charge >= 0.3 is 5.69 Å². The molecule has 0 radical (unpaired) electrons. The molecule has 10 nitrogen and oxygen atoms in total. The Morgan fingerprint density at radius 3 is 2.78 bits per heavy atom. The third kappa shape index (κ3) is 3.69. The van der Waals surface area contributed by atoms with Crippen LogP contribution in [0, 0.1) is 0 Å². The van der Waals surface area contributed by atoms with Gasteiger partial charge in [-0.15, -0.1) is 5.10 Å². The molecule has 0 saturated carbocycles. The third-order valence-electron chi connectivity index (χ3n) is 4.85. The number of aryl methyl sites for hydroxylation is 1. The minimum absolute atomic E-state index is 0.273. The summed E-state index contributed by atoms with van der Waals surface area (Å²) >= 11 is 0. The number of imidazole rings is 1. The van der Waals surface area contributed by atoms with Crippen LogP contribution in [0.1, 0.15) is 0 Å². The van der Waals surface area contributed by atoms with Crippen molar-refractivity contribution in [2.75, 3.05) is 30.1 Å². The standard InChI is InChI=1S/C22H24N8O2/c1-6-14(2)25-15-8-7-9-16(10-15)29-13-17(26-18-12-28(4)27-21(18)32-5)20-24-11-19(23-3)30(20)22(29)31/h6-13,23,25-26H,1-2H2,3-5H3. The largest absolute Gasteiger partial charge is 0.478 e. The number of allylic oxidation sites excluding steroid dienone is 1. The van der Waals surface area contributed by atoms with E-state index < -0.39 is 0 Å². The van der Waals surface area contributed by atoms with Gasteiger partial charge in [0.05, 0.1) is 30.9 Å². The van der Waals surface area contributed by atoms with E-state index in [1.165, 1.54) is 4.40 Å². The molecule has 0 bridgehead atoms. The van der Waals surface area contributed by atoms with Crippen LogP contribution in [0.3, 0.4) is 0 Å². The van der Waals surface area contributed by atoms with Crippen LogP contribution in [-0.2, 0) is 7.05 Å². The fourth-order valence-corrected chi connectivity index (χ4v) is 3.35. The van der Waals surface area contributed by atoms with Crippen LogP contribution in [0.15, 0.2) is 72.6 Å². The topological polar surface area (TPSA) is 102 Å². The number of benzene rings is 1. The molecule has 0 aliphatic heterocycles. The van der Waals surface area contributed by atoms with Crippen LogP contribution in [0.4, 0.5) is 22.9 Å². The van der Waals surface area contributed by atoms with Gasteiger partial charge in [-0.2, -0.15) is 0 Å². The molecular weight excluding hydrogens is 408 g/mol. The molecule has 4 rings (SSSR count). The molecule has 0 aliphatic carbocycles. The van der Waals surface area contributed by atoms with E-state index in [9.17, 15) is 4.79 Å². The van der Waals surface area contributed by atoms with Gasteiger partial charge in [0.2, 0.25) is 0 Å². The van der Waals surface area contributed by atoms with Crippen molar-refractivity contribution >= 4 is 28.5 Å². The molecule has 0 aliphatic rings. The van der Waals surface area contributed by atoms with Gasteiger partial charge in [0.25, 0.3) is 5.88 Å². The van der Waals surface area contributed by atoms with Crippen LogP contribution in [0.2, 0.25) is 0 Å². The fourth-order valence-electron chi connectivity index (χ4n) is 3.35. The minimum atomic E-state index is -0.273. The Bertz CT molecular complexity index is 1380. The molecule has 164 valence electrons. The quantitative estimate of drug-likeness (QED) is 0.368. The zero-order chi connectivity index (χ0) is 22.8. The summed E-state index contributed by atoms with van der Waals surface area (Å²) < 4.78 is 10.0. The minimum Gasteiger partial charge on any atom is -0.478 e. The van der Waals surface area contributed by atoms with Crippen molar-refractivity contribution in [1.29, 1.82) is 0 Å². The normalized spacial score (nSPS) is 10.7. The lowest BCUT2D eigenvalue weighted by molar-refractivity contribution is 0.393. The number of nitrogens with zero attached hydrogens (tertiary/aromatic N) is 5. The molecule has 10 heteroatoms. The first-order valence-corrected chi connectivity index (χ1v) is 9.79. The second-order valence-corrected chi connectivity index (χ2v) is 7.00. The molecule has 0 fully saturated rings. The van der Waals surface area contributed by atoms with Crippen molar-refractivity contribution in [1.82, 2.24) is 23.7 Å². The Labute approximate surface area is 184 Å². The first-order valence-electron chi connectivity index (χ1n) is 9.79. The summed E-state index contributed by atoms with van der Waals surface area (Å²) in [5.74, 6) is 0.993. The summed E-state index contributed by atoms with van der Waals surface area (Å²) in [6.45, 7) is 7.58. The van der Waals surface area contributed by atoms with Gasteiger partial charge in [0.15, 0.2) is 5.65 Å². The zero-order valence-corrected chi connectivity index (χ0v) is 18.1. The lowest BCUT2D eigenvalue weighted by Gasteiger charge is -2.14. The molecule has 3 heterocycles. The Hall–Kier alpha value is -4.47. The lowest BCUT2D eigenvalue weighted by atomic mass is 10.2. The molecule has 3 N–H and O–H groups in total. The average Bonchev–Trinajstić information content (AvgIpc) is 3.39. The summed E-state index contributed by atoms with van der Waals surface area (Å²) in [5.41, 5.74) is 3.54. The number of hydrogen-bond acceptors (Lipinski definition) is 7. The van der Waals surface area contributed by atoms with E-state index in [1.54, 1.807) is 55.1 Å². The second-order valence-electron chi connectivity index (χ2n) is 7.00. The van der Waals surface area contributed by atoms with Gasteiger partial charge in [0, 0.05) is 31.7 Å². The lowest BCUT2D eigenvalue weighted by Crippen LogP contribution is -2.26. The molecule has 0 saturated heterocycles. The number of methoxy groups -OCH3 is 1. The van der Waals surface area contributed by atoms with Gasteiger partial charge in [-0.05, 0) is 24.3 Å². The van der Waals surface area contributed by atoms with Crippen LogP contribution in [0.5, 0.6) is 5.88 Å². The Kier molecular flexibility index (Phi) is 5.42. The smallest absolute Gasteiger partial charge is 0.340 e. The highest BCUT2D eigenvalue weighted by molar-refractivity contribution is 5.76. The molecule has 4 aromatic rings. The Balaban J connectivity index is 1.89. The molecular formula is C22H24N8O2. The van der Waals surface area contributed by atoms with Crippen molar-refractivity contribution in [3.63, 3.8) is 0 Å². The van der Waals surface area contributed by atoms with Crippen LogP contribution in [0.25, 0.3) is 11.3 Å². The van der Waals surface area contributed by atoms with Crippen molar-refractivity contribution in [2.24, 2.45) is 7.05 Å². The number of rotatable bonds is 8. The number of hydrogen-bond donors (Lipinski definition) is 3. The van der Waals surface area contributed by atoms with E-state index in [0.717, 1.165) is 5.69 Å². The molecule has 0 atom stereocenters. The summed E-state index contributed by atoms with van der Waals surface area (Å²) in [5, 5.41) is 13.7. The summed E-state index contributed by atoms with van der Waals surface area (Å²) in [4.78, 5) is 17.8. The predicted molar refractivity (Wildman–Crippen MR) is 126 cm³/mol. The maximum atomic E-state index is 13.4. The van der Waals surface area contributed by atoms with E-state index >= 15 is 0 Å². The van der Waals surface area contributed by atoms with E-state index in [-0.39, 0.29) is 5.69 Å². The van der Waals surface area contributed by atoms with E-state index in [1.807, 2.05) is 24.3 Å². The summed E-state index contributed by atoms with van der Waals surface area (Å²) in [6, 6.07) is 7.44. The highest BCUT2D eigenvalue weighted by Gasteiger charge is 2.17. The van der Waals surface area contributed by atoms with Crippen molar-refractivity contribution in [3.05, 3.63) is 78.3 Å². The summed E-state index contributed by atoms with van der Waals surface area (Å²) in [6.07, 6.45) is 6.73. The first-order chi connectivity index (χ1) is 15.4. The van der Waals surface area contributed by atoms with E-state index in [0.29, 0.717) is 40.1 Å². The molecule has 1 aromatic carbocycles. The highest BCUT2D eigenvalue weighted by atomic mass is 16.5. The average molecular weight is 432 g/mol. The first kappa shape index (κ1) is 20.8. The molecule has 0 amide bonds. The zero-order valence-electron chi connectivity index (χ0n) is 18.1. The van der Waals surface area contributed by atoms with E-state index in [4.69, 9.17) is 4.74 Å². The van der Waals surface area contributed by atoms with Gasteiger partial charge in [-0.1, -0.05) is 19.2 Å². The van der Waals surface area contributed by atoms with Gasteiger partial charge in [-0.25, -0.2) is 14.2 Å². The maximum absolute atomic E-state index is 13.4. The Morgan fingerprint density at radius 2 is 2.06 bits per heavy atom. The number of nitrogens with one attached hydrogen (secondary N) is 3. The Morgan fingerprint density at radius 1 is 1.25 bits per heavy atom. The number of anilines is 4. The van der Waals surface area contributed by atoms with Gasteiger partial charge in [-0.3, -0.25) is 9.25 Å². The molecule has 0 unspecified atom stereocenters. The number of ether oxygens (including phenoxy) is 1. The number of aromatic nitrogens is 5. The van der Waals surface area contributed by atoms with Crippen molar-refractivity contribution < 1.29 is 4.74 Å². The van der Waals surface area contributed by atoms with Crippen LogP contribution < -0.4 is 26.4 Å². The van der Waals surface area contributed by atoms with Crippen molar-refractivity contribution in [2.45, 2.75) is 0 Å². The highest BCUT2D eigenvalue weighted by Crippen LogP contribution is 2.28. The monoisotopic (exact) mass is 432 g/mol. The molecule has 32 heavy (non-hydrogen) atoms. The fraction of sp³-hybridized carbons (Fsp3) is 0.136. The SMILES string of the molecule is C=CC(=C)Nc1cccc(-n2cc(Nc3cn(C)nc3OC)c3ncc(NC)n3c2=O)c1. The number of fused-ring (bicyclic) bond motifs is 1. The van der Waals surface area contributed by atoms with Crippen LogP contribution in [-0.4, -0.2) is 37.9 Å². The summed E-state index contributed by atoms with van der Waals surface area (Å²) in [7, 11) is 5.09. The van der Waals surface area contributed by atoms with E-state index in [2.05, 4.69) is 39.2 Å². The maximum Gasteiger partial charge on any atom is 0.340 e. The van der Waals surface area contributed by atoms with Gasteiger partial charge in [0.1, 0.15) is 11.5 Å². The predicted octanol–water partition coefficient (Wildman–Crippen LogP) is 3.12. The molecule has 0 spiro atoms. The molecule has 3 aromatic heterocycles. The second kappa shape index (κ2) is 8.34. The van der Waals surface area contributed by atoms with Crippen molar-refractivity contribution in [3.8, 4) is 11.6 Å². The van der Waals surface area contributed by atoms with Crippen LogP contribution >= 0.6 is 0 Å².